The summed E-state index contributed by atoms with van der Waals surface area (Å²) in [6.07, 6.45) is 2.63. The Morgan fingerprint density at radius 2 is 2.36 bits per heavy atom. The molecule has 1 heterocycles. The van der Waals surface area contributed by atoms with E-state index in [1.165, 1.54) is 0 Å². The quantitative estimate of drug-likeness (QED) is 0.629. The molecule has 0 spiro atoms. The maximum atomic E-state index is 11.1. The smallest absolute Gasteiger partial charge is 0.222 e. The Hall–Kier alpha value is -0.570. The van der Waals surface area contributed by atoms with Gasteiger partial charge in [-0.15, -0.1) is 0 Å². The molecule has 1 aliphatic heterocycles. The monoisotopic (exact) mass is 174 g/mol. The molecule has 0 aromatic heterocycles. The van der Waals surface area contributed by atoms with Gasteiger partial charge in [-0.1, -0.05) is 11.6 Å². The fourth-order valence-corrected chi connectivity index (χ4v) is 1.34. The van der Waals surface area contributed by atoms with E-state index in [1.807, 2.05) is 0 Å². The summed E-state index contributed by atoms with van der Waals surface area (Å²) in [5.74, 6) is 0.127. The number of nitrogens with one attached hydrogen (secondary N) is 1. The number of nitrogens with zero attached hydrogens (tertiary/aromatic N) is 1. The lowest BCUT2D eigenvalue weighted by Gasteiger charge is -2.25. The van der Waals surface area contributed by atoms with Crippen molar-refractivity contribution in [1.29, 1.82) is 5.41 Å². The lowest BCUT2D eigenvalue weighted by molar-refractivity contribution is -0.132. The third kappa shape index (κ3) is 2.50. The number of hydrogen-bond acceptors (Lipinski definition) is 2. The Kier molecular flexibility index (Phi) is 2.88. The highest BCUT2D eigenvalue weighted by Crippen LogP contribution is 2.10. The Bertz CT molecular complexity index is 181. The molecule has 62 valence electrons. The SMILES string of the molecule is N=C(Cl)CN1CCCCC1=O. The first-order chi connectivity index (χ1) is 5.20. The predicted octanol–water partition coefficient (Wildman–Crippen LogP) is 1.21. The van der Waals surface area contributed by atoms with Crippen molar-refractivity contribution in [3.8, 4) is 0 Å². The normalized spacial score (nSPS) is 18.6. The number of likely N-dealkylation sites (tertiary alicyclic amines) is 1. The molecule has 0 bridgehead atoms. The van der Waals surface area contributed by atoms with Crippen molar-refractivity contribution in [3.05, 3.63) is 0 Å². The van der Waals surface area contributed by atoms with Gasteiger partial charge in [0.2, 0.25) is 5.91 Å². The third-order valence-electron chi connectivity index (χ3n) is 1.75. The Morgan fingerprint density at radius 3 is 2.91 bits per heavy atom. The summed E-state index contributed by atoms with van der Waals surface area (Å²) >= 11 is 5.37. The molecule has 1 aliphatic rings. The molecular formula is C7H11ClN2O. The van der Waals surface area contributed by atoms with Crippen LogP contribution in [-0.4, -0.2) is 29.1 Å². The largest absolute Gasteiger partial charge is 0.336 e. The van der Waals surface area contributed by atoms with Crippen LogP contribution in [0.3, 0.4) is 0 Å². The minimum Gasteiger partial charge on any atom is -0.336 e. The standard InChI is InChI=1S/C7H11ClN2O/c8-6(9)5-10-4-2-1-3-7(10)11/h9H,1-5H2. The Labute approximate surface area is 70.8 Å². The zero-order valence-corrected chi connectivity index (χ0v) is 7.02. The number of piperidine rings is 1. The van der Waals surface area contributed by atoms with Gasteiger partial charge in [0, 0.05) is 13.0 Å². The number of rotatable bonds is 2. The fourth-order valence-electron chi connectivity index (χ4n) is 1.20. The van der Waals surface area contributed by atoms with Crippen LogP contribution in [0.5, 0.6) is 0 Å². The van der Waals surface area contributed by atoms with Crippen molar-refractivity contribution >= 4 is 22.7 Å². The highest BCUT2D eigenvalue weighted by atomic mass is 35.5. The predicted molar refractivity (Wildman–Crippen MR) is 44.0 cm³/mol. The summed E-state index contributed by atoms with van der Waals surface area (Å²) in [6, 6.07) is 0. The molecule has 0 aromatic carbocycles. The molecule has 0 aliphatic carbocycles. The van der Waals surface area contributed by atoms with E-state index in [9.17, 15) is 4.79 Å². The summed E-state index contributed by atoms with van der Waals surface area (Å²) in [7, 11) is 0. The van der Waals surface area contributed by atoms with Gasteiger partial charge in [-0.05, 0) is 12.8 Å². The molecule has 11 heavy (non-hydrogen) atoms. The molecule has 0 unspecified atom stereocenters. The van der Waals surface area contributed by atoms with Crippen molar-refractivity contribution in [2.24, 2.45) is 0 Å². The van der Waals surface area contributed by atoms with E-state index in [-0.39, 0.29) is 11.1 Å². The molecule has 1 rings (SSSR count). The van der Waals surface area contributed by atoms with Crippen molar-refractivity contribution < 1.29 is 4.79 Å². The first kappa shape index (κ1) is 8.53. The van der Waals surface area contributed by atoms with Crippen molar-refractivity contribution in [2.45, 2.75) is 19.3 Å². The Balaban J connectivity index is 2.42. The molecule has 1 N–H and O–H groups in total. The van der Waals surface area contributed by atoms with Crippen LogP contribution >= 0.6 is 11.6 Å². The van der Waals surface area contributed by atoms with Crippen LogP contribution in [0.25, 0.3) is 0 Å². The molecule has 3 nitrogen and oxygen atoms in total. The van der Waals surface area contributed by atoms with E-state index in [4.69, 9.17) is 17.0 Å². The molecule has 1 amide bonds. The van der Waals surface area contributed by atoms with E-state index in [0.717, 1.165) is 19.4 Å². The van der Waals surface area contributed by atoms with E-state index in [2.05, 4.69) is 0 Å². The number of carbonyl (C=O) groups excluding carboxylic acids is 1. The lowest BCUT2D eigenvalue weighted by Crippen LogP contribution is -2.37. The number of carbonyl (C=O) groups is 1. The maximum absolute atomic E-state index is 11.1. The zero-order chi connectivity index (χ0) is 8.27. The first-order valence-corrected chi connectivity index (χ1v) is 4.08. The minimum absolute atomic E-state index is 0.0419. The average Bonchev–Trinajstić information content (AvgIpc) is 1.93. The van der Waals surface area contributed by atoms with Crippen molar-refractivity contribution in [3.63, 3.8) is 0 Å². The van der Waals surface area contributed by atoms with Crippen LogP contribution in [0.4, 0.5) is 0 Å². The first-order valence-electron chi connectivity index (χ1n) is 3.71. The van der Waals surface area contributed by atoms with Crippen LogP contribution in [0.15, 0.2) is 0 Å². The lowest BCUT2D eigenvalue weighted by atomic mass is 10.1. The van der Waals surface area contributed by atoms with Crippen LogP contribution in [-0.2, 0) is 4.79 Å². The third-order valence-corrected chi connectivity index (χ3v) is 1.87. The van der Waals surface area contributed by atoms with Crippen LogP contribution in [0, 0.1) is 5.41 Å². The molecule has 0 aromatic rings. The summed E-state index contributed by atoms with van der Waals surface area (Å²) < 4.78 is 0. The van der Waals surface area contributed by atoms with Crippen LogP contribution in [0.1, 0.15) is 19.3 Å². The molecule has 0 radical (unpaired) electrons. The highest BCUT2D eigenvalue weighted by molar-refractivity contribution is 6.65. The second-order valence-electron chi connectivity index (χ2n) is 2.68. The van der Waals surface area contributed by atoms with Gasteiger partial charge in [0.15, 0.2) is 0 Å². The average molecular weight is 175 g/mol. The summed E-state index contributed by atoms with van der Waals surface area (Å²) in [4.78, 5) is 12.7. The van der Waals surface area contributed by atoms with Gasteiger partial charge in [0.25, 0.3) is 0 Å². The summed E-state index contributed by atoms with van der Waals surface area (Å²) in [5, 5.41) is 7.03. The maximum Gasteiger partial charge on any atom is 0.222 e. The molecule has 1 saturated heterocycles. The van der Waals surface area contributed by atoms with Crippen LogP contribution in [0.2, 0.25) is 0 Å². The van der Waals surface area contributed by atoms with Gasteiger partial charge in [0.1, 0.15) is 5.17 Å². The second-order valence-corrected chi connectivity index (χ2v) is 3.13. The van der Waals surface area contributed by atoms with Crippen molar-refractivity contribution in [2.75, 3.05) is 13.1 Å². The van der Waals surface area contributed by atoms with Gasteiger partial charge < -0.3 is 4.90 Å². The minimum atomic E-state index is 0.0419. The van der Waals surface area contributed by atoms with E-state index in [0.29, 0.717) is 13.0 Å². The highest BCUT2D eigenvalue weighted by Gasteiger charge is 2.17. The number of amides is 1. The Morgan fingerprint density at radius 1 is 1.64 bits per heavy atom. The van der Waals surface area contributed by atoms with Gasteiger partial charge in [0.05, 0.1) is 6.54 Å². The second kappa shape index (κ2) is 3.72. The van der Waals surface area contributed by atoms with Gasteiger partial charge >= 0.3 is 0 Å². The fraction of sp³-hybridized carbons (Fsp3) is 0.714. The van der Waals surface area contributed by atoms with E-state index >= 15 is 0 Å². The van der Waals surface area contributed by atoms with Gasteiger partial charge in [-0.3, -0.25) is 10.2 Å². The molecule has 0 saturated carbocycles. The number of hydrogen-bond donors (Lipinski definition) is 1. The van der Waals surface area contributed by atoms with Gasteiger partial charge in [-0.25, -0.2) is 0 Å². The zero-order valence-electron chi connectivity index (χ0n) is 6.27. The van der Waals surface area contributed by atoms with E-state index in [1.54, 1.807) is 4.90 Å². The molecule has 1 fully saturated rings. The van der Waals surface area contributed by atoms with Crippen molar-refractivity contribution in [1.82, 2.24) is 4.90 Å². The van der Waals surface area contributed by atoms with Crippen LogP contribution < -0.4 is 0 Å². The summed E-state index contributed by atoms with van der Waals surface area (Å²) in [5.41, 5.74) is 0. The molecule has 4 heteroatoms. The van der Waals surface area contributed by atoms with Gasteiger partial charge in [-0.2, -0.15) is 0 Å². The number of halogens is 1. The van der Waals surface area contributed by atoms with E-state index < -0.39 is 0 Å². The molecular weight excluding hydrogens is 164 g/mol. The summed E-state index contributed by atoms with van der Waals surface area (Å²) in [6.45, 7) is 1.05. The topological polar surface area (TPSA) is 44.2 Å². The molecule has 0 atom stereocenters.